The molecule has 0 spiro atoms. The number of hydrogen-bond acceptors (Lipinski definition) is 3. The molecule has 96 valence electrons. The van der Waals surface area contributed by atoms with Gasteiger partial charge in [-0.2, -0.15) is 0 Å². The summed E-state index contributed by atoms with van der Waals surface area (Å²) in [5.41, 5.74) is 0. The first-order valence-corrected chi connectivity index (χ1v) is 7.65. The van der Waals surface area contributed by atoms with E-state index in [1.807, 2.05) is 37.4 Å². The highest BCUT2D eigenvalue weighted by Gasteiger charge is 2.13. The van der Waals surface area contributed by atoms with Crippen molar-refractivity contribution in [3.63, 3.8) is 0 Å². The van der Waals surface area contributed by atoms with Crippen LogP contribution in [0.5, 0.6) is 0 Å². The topological polar surface area (TPSA) is 46.2 Å². The van der Waals surface area contributed by atoms with Gasteiger partial charge in [0.2, 0.25) is 0 Å². The van der Waals surface area contributed by atoms with E-state index in [0.29, 0.717) is 17.9 Å². The van der Waals surface area contributed by atoms with Gasteiger partial charge in [0, 0.05) is 0 Å². The normalized spacial score (nSPS) is 11.8. The van der Waals surface area contributed by atoms with Crippen molar-refractivity contribution in [1.82, 2.24) is 5.32 Å². The molecular weight excluding hydrogens is 246 g/mol. The largest absolute Gasteiger partial charge is 0.320 e. The van der Waals surface area contributed by atoms with Crippen molar-refractivity contribution in [3.8, 4) is 0 Å². The van der Waals surface area contributed by atoms with Crippen molar-refractivity contribution in [1.29, 1.82) is 0 Å². The molecule has 0 bridgehead atoms. The van der Waals surface area contributed by atoms with Crippen LogP contribution < -0.4 is 5.32 Å². The van der Waals surface area contributed by atoms with Crippen molar-refractivity contribution in [3.05, 3.63) is 42.5 Å². The van der Waals surface area contributed by atoms with Crippen LogP contribution in [0.25, 0.3) is 10.8 Å². The van der Waals surface area contributed by atoms with Gasteiger partial charge in [0.1, 0.15) is 0 Å². The quantitative estimate of drug-likeness (QED) is 0.841. The Bertz CT molecular complexity index is 635. The highest BCUT2D eigenvalue weighted by molar-refractivity contribution is 7.91. The molecule has 0 unspecified atom stereocenters. The van der Waals surface area contributed by atoms with Crippen LogP contribution in [0.4, 0.5) is 0 Å². The minimum absolute atomic E-state index is 0.187. The van der Waals surface area contributed by atoms with Gasteiger partial charge in [0.05, 0.1) is 10.6 Å². The molecule has 0 amide bonds. The smallest absolute Gasteiger partial charge is 0.178 e. The molecule has 2 aromatic rings. The Labute approximate surface area is 108 Å². The lowest BCUT2D eigenvalue weighted by atomic mass is 10.1. The van der Waals surface area contributed by atoms with E-state index in [2.05, 4.69) is 5.32 Å². The van der Waals surface area contributed by atoms with Crippen LogP contribution in [0.15, 0.2) is 47.4 Å². The fourth-order valence-electron chi connectivity index (χ4n) is 1.92. The molecule has 0 heterocycles. The van der Waals surface area contributed by atoms with E-state index < -0.39 is 9.84 Å². The van der Waals surface area contributed by atoms with Gasteiger partial charge in [-0.15, -0.1) is 0 Å². The average Bonchev–Trinajstić information content (AvgIpc) is 2.38. The molecule has 0 aliphatic rings. The second-order valence-corrected chi connectivity index (χ2v) is 6.39. The monoisotopic (exact) mass is 263 g/mol. The third kappa shape index (κ3) is 2.89. The van der Waals surface area contributed by atoms with E-state index in [-0.39, 0.29) is 5.75 Å². The molecule has 4 heteroatoms. The van der Waals surface area contributed by atoms with E-state index >= 15 is 0 Å². The summed E-state index contributed by atoms with van der Waals surface area (Å²) in [6.07, 6.45) is 0.631. The molecule has 0 aromatic heterocycles. The van der Waals surface area contributed by atoms with Gasteiger partial charge in [-0.25, -0.2) is 8.42 Å². The summed E-state index contributed by atoms with van der Waals surface area (Å²) >= 11 is 0. The van der Waals surface area contributed by atoms with Crippen molar-refractivity contribution < 1.29 is 8.42 Å². The maximum absolute atomic E-state index is 12.1. The van der Waals surface area contributed by atoms with Crippen LogP contribution in [-0.4, -0.2) is 27.8 Å². The number of fused-ring (bicyclic) bond motifs is 1. The zero-order valence-corrected chi connectivity index (χ0v) is 11.2. The van der Waals surface area contributed by atoms with Crippen LogP contribution in [-0.2, 0) is 9.84 Å². The molecule has 0 saturated heterocycles. The lowest BCUT2D eigenvalue weighted by molar-refractivity contribution is 0.592. The lowest BCUT2D eigenvalue weighted by Gasteiger charge is -2.06. The van der Waals surface area contributed by atoms with Gasteiger partial charge in [0.15, 0.2) is 9.84 Å². The molecule has 18 heavy (non-hydrogen) atoms. The van der Waals surface area contributed by atoms with E-state index in [0.717, 1.165) is 10.8 Å². The van der Waals surface area contributed by atoms with Crippen molar-refractivity contribution in [2.24, 2.45) is 0 Å². The number of nitrogens with one attached hydrogen (secondary N) is 1. The van der Waals surface area contributed by atoms with Crippen LogP contribution >= 0.6 is 0 Å². The van der Waals surface area contributed by atoms with Gasteiger partial charge in [-0.3, -0.25) is 0 Å². The Balaban J connectivity index is 2.30. The number of benzene rings is 2. The van der Waals surface area contributed by atoms with Crippen LogP contribution in [0.2, 0.25) is 0 Å². The van der Waals surface area contributed by atoms with Crippen LogP contribution in [0.3, 0.4) is 0 Å². The molecule has 3 nitrogen and oxygen atoms in total. The van der Waals surface area contributed by atoms with E-state index in [1.54, 1.807) is 12.1 Å². The van der Waals surface area contributed by atoms with Crippen molar-refractivity contribution in [2.75, 3.05) is 19.3 Å². The molecule has 0 atom stereocenters. The van der Waals surface area contributed by atoms with E-state index in [4.69, 9.17) is 0 Å². The van der Waals surface area contributed by atoms with Crippen molar-refractivity contribution >= 4 is 20.6 Å². The second-order valence-electron chi connectivity index (χ2n) is 4.28. The minimum Gasteiger partial charge on any atom is -0.320 e. The fourth-order valence-corrected chi connectivity index (χ4v) is 3.26. The molecule has 1 N–H and O–H groups in total. The summed E-state index contributed by atoms with van der Waals surface area (Å²) in [6.45, 7) is 0.715. The lowest BCUT2D eigenvalue weighted by Crippen LogP contribution is -2.14. The molecule has 0 radical (unpaired) electrons. The summed E-state index contributed by atoms with van der Waals surface area (Å²) in [5, 5.41) is 4.98. The Morgan fingerprint density at radius 3 is 2.50 bits per heavy atom. The van der Waals surface area contributed by atoms with Gasteiger partial charge in [0.25, 0.3) is 0 Å². The molecule has 0 aliphatic carbocycles. The zero-order valence-electron chi connectivity index (χ0n) is 10.4. The minimum atomic E-state index is -3.16. The predicted octanol–water partition coefficient (Wildman–Crippen LogP) is 2.22. The van der Waals surface area contributed by atoms with Crippen molar-refractivity contribution in [2.45, 2.75) is 11.3 Å². The average molecular weight is 263 g/mol. The van der Waals surface area contributed by atoms with Crippen LogP contribution in [0, 0.1) is 0 Å². The molecular formula is C14H17NO2S. The zero-order chi connectivity index (χ0) is 13.0. The first-order valence-electron chi connectivity index (χ1n) is 6.00. The Kier molecular flexibility index (Phi) is 3.99. The molecule has 0 fully saturated rings. The van der Waals surface area contributed by atoms with Gasteiger partial charge >= 0.3 is 0 Å². The molecule has 0 saturated carbocycles. The predicted molar refractivity (Wildman–Crippen MR) is 74.5 cm³/mol. The summed E-state index contributed by atoms with van der Waals surface area (Å²) in [7, 11) is -1.34. The standard InChI is InChI=1S/C14H17NO2S/c1-15-9-4-10-18(16,17)14-8-7-12-5-2-3-6-13(12)11-14/h2-3,5-8,11,15H,4,9-10H2,1H3. The Morgan fingerprint density at radius 1 is 1.06 bits per heavy atom. The summed E-state index contributed by atoms with van der Waals surface area (Å²) in [6, 6.07) is 13.1. The van der Waals surface area contributed by atoms with Gasteiger partial charge < -0.3 is 5.32 Å². The Morgan fingerprint density at radius 2 is 1.78 bits per heavy atom. The van der Waals surface area contributed by atoms with E-state index in [1.165, 1.54) is 0 Å². The van der Waals surface area contributed by atoms with Crippen LogP contribution in [0.1, 0.15) is 6.42 Å². The maximum Gasteiger partial charge on any atom is 0.178 e. The molecule has 0 aliphatic heterocycles. The highest BCUT2D eigenvalue weighted by Crippen LogP contribution is 2.20. The van der Waals surface area contributed by atoms with Gasteiger partial charge in [-0.1, -0.05) is 30.3 Å². The van der Waals surface area contributed by atoms with Gasteiger partial charge in [-0.05, 0) is 42.9 Å². The number of rotatable bonds is 5. The number of hydrogen-bond donors (Lipinski definition) is 1. The summed E-state index contributed by atoms with van der Waals surface area (Å²) < 4.78 is 24.2. The summed E-state index contributed by atoms with van der Waals surface area (Å²) in [5.74, 6) is 0.187. The summed E-state index contributed by atoms with van der Waals surface area (Å²) in [4.78, 5) is 0.414. The maximum atomic E-state index is 12.1. The number of sulfone groups is 1. The fraction of sp³-hybridized carbons (Fsp3) is 0.286. The highest BCUT2D eigenvalue weighted by atomic mass is 32.2. The first kappa shape index (κ1) is 13.1. The third-order valence-corrected chi connectivity index (χ3v) is 4.72. The molecule has 2 rings (SSSR count). The molecule has 2 aromatic carbocycles. The SMILES string of the molecule is CNCCCS(=O)(=O)c1ccc2ccccc2c1. The second kappa shape index (κ2) is 5.50. The Hall–Kier alpha value is -1.39. The first-order chi connectivity index (χ1) is 8.63. The van der Waals surface area contributed by atoms with E-state index in [9.17, 15) is 8.42 Å². The third-order valence-electron chi connectivity index (χ3n) is 2.92.